The number of nitrogens with zero attached hydrogens (tertiary/aromatic N) is 1. The zero-order valence-corrected chi connectivity index (χ0v) is 10.4. The molecule has 0 aliphatic heterocycles. The average molecular weight is 263 g/mol. The molecule has 1 aromatic heterocycles. The summed E-state index contributed by atoms with van der Waals surface area (Å²) in [6, 6.07) is 10.2. The van der Waals surface area contributed by atoms with Crippen LogP contribution in [0, 0.1) is 0 Å². The lowest BCUT2D eigenvalue weighted by molar-refractivity contribution is 0.102. The second-order valence-electron chi connectivity index (χ2n) is 3.55. The van der Waals surface area contributed by atoms with Crippen molar-refractivity contribution in [2.75, 3.05) is 12.4 Å². The Labute approximate surface area is 110 Å². The van der Waals surface area contributed by atoms with Crippen LogP contribution in [0.5, 0.6) is 5.75 Å². The fraction of sp³-hybridized carbons (Fsp3) is 0.0769. The highest BCUT2D eigenvalue weighted by atomic mass is 35.5. The van der Waals surface area contributed by atoms with E-state index >= 15 is 0 Å². The van der Waals surface area contributed by atoms with Gasteiger partial charge in [-0.3, -0.25) is 4.79 Å². The molecule has 4 nitrogen and oxygen atoms in total. The van der Waals surface area contributed by atoms with Crippen molar-refractivity contribution in [3.8, 4) is 5.75 Å². The number of methoxy groups -OCH3 is 1. The van der Waals surface area contributed by atoms with E-state index in [0.29, 0.717) is 22.2 Å². The largest absolute Gasteiger partial charge is 0.497 e. The summed E-state index contributed by atoms with van der Waals surface area (Å²) < 4.78 is 5.06. The summed E-state index contributed by atoms with van der Waals surface area (Å²) in [7, 11) is 1.56. The maximum absolute atomic E-state index is 12.0. The third-order valence-corrected chi connectivity index (χ3v) is 2.52. The van der Waals surface area contributed by atoms with Gasteiger partial charge in [0.1, 0.15) is 10.9 Å². The zero-order valence-electron chi connectivity index (χ0n) is 9.68. The van der Waals surface area contributed by atoms with Crippen molar-refractivity contribution in [1.29, 1.82) is 0 Å². The van der Waals surface area contributed by atoms with E-state index in [4.69, 9.17) is 16.3 Å². The van der Waals surface area contributed by atoms with E-state index in [1.807, 2.05) is 0 Å². The molecule has 0 spiro atoms. The van der Waals surface area contributed by atoms with Gasteiger partial charge in [-0.05, 0) is 30.3 Å². The van der Waals surface area contributed by atoms with Gasteiger partial charge in [-0.25, -0.2) is 4.98 Å². The topological polar surface area (TPSA) is 51.2 Å². The molecule has 1 heterocycles. The van der Waals surface area contributed by atoms with Crippen LogP contribution < -0.4 is 10.1 Å². The van der Waals surface area contributed by atoms with Crippen LogP contribution in [0.1, 0.15) is 10.4 Å². The third kappa shape index (κ3) is 2.99. The highest BCUT2D eigenvalue weighted by molar-refractivity contribution is 6.29. The Morgan fingerprint density at radius 1 is 1.33 bits per heavy atom. The van der Waals surface area contributed by atoms with Crippen LogP contribution in [-0.4, -0.2) is 18.0 Å². The molecule has 0 aliphatic rings. The van der Waals surface area contributed by atoms with Crippen LogP contribution in [0.3, 0.4) is 0 Å². The van der Waals surface area contributed by atoms with Crippen LogP contribution in [0.25, 0.3) is 0 Å². The molecule has 2 rings (SSSR count). The number of carbonyl (C=O) groups excluding carboxylic acids is 1. The van der Waals surface area contributed by atoms with Crippen molar-refractivity contribution < 1.29 is 9.53 Å². The number of hydrogen-bond donors (Lipinski definition) is 1. The highest BCUT2D eigenvalue weighted by Crippen LogP contribution is 2.16. The van der Waals surface area contributed by atoms with Gasteiger partial charge in [-0.2, -0.15) is 0 Å². The van der Waals surface area contributed by atoms with Crippen LogP contribution in [-0.2, 0) is 0 Å². The number of nitrogens with one attached hydrogen (secondary N) is 1. The van der Waals surface area contributed by atoms with Gasteiger partial charge in [0.2, 0.25) is 0 Å². The third-order valence-electron chi connectivity index (χ3n) is 2.32. The standard InChI is InChI=1S/C13H11ClN2O2/c1-18-11-4-2-3-9(7-11)13(17)16-10-5-6-15-12(14)8-10/h2-8H,1H3,(H,15,16,17). The maximum atomic E-state index is 12.0. The zero-order chi connectivity index (χ0) is 13.0. The van der Waals surface area contributed by atoms with Crippen molar-refractivity contribution in [1.82, 2.24) is 4.98 Å². The molecule has 0 bridgehead atoms. The number of amides is 1. The van der Waals surface area contributed by atoms with E-state index in [1.54, 1.807) is 43.5 Å². The van der Waals surface area contributed by atoms with Gasteiger partial charge in [-0.1, -0.05) is 17.7 Å². The summed E-state index contributed by atoms with van der Waals surface area (Å²) in [6.45, 7) is 0. The van der Waals surface area contributed by atoms with Crippen molar-refractivity contribution in [3.63, 3.8) is 0 Å². The Hall–Kier alpha value is -2.07. The van der Waals surface area contributed by atoms with Crippen LogP contribution in [0.4, 0.5) is 5.69 Å². The Morgan fingerprint density at radius 3 is 2.89 bits per heavy atom. The second-order valence-corrected chi connectivity index (χ2v) is 3.94. The Bertz CT molecular complexity index is 572. The molecule has 18 heavy (non-hydrogen) atoms. The average Bonchev–Trinajstić information content (AvgIpc) is 2.39. The number of hydrogen-bond acceptors (Lipinski definition) is 3. The Kier molecular flexibility index (Phi) is 3.79. The van der Waals surface area contributed by atoms with Crippen molar-refractivity contribution in [2.45, 2.75) is 0 Å². The molecule has 0 radical (unpaired) electrons. The van der Waals surface area contributed by atoms with Gasteiger partial charge in [0.15, 0.2) is 0 Å². The van der Waals surface area contributed by atoms with E-state index in [9.17, 15) is 4.79 Å². The van der Waals surface area contributed by atoms with Crippen molar-refractivity contribution >= 4 is 23.2 Å². The molecular formula is C13H11ClN2O2. The van der Waals surface area contributed by atoms with Gasteiger partial charge in [0.05, 0.1) is 7.11 Å². The molecule has 92 valence electrons. The number of carbonyl (C=O) groups is 1. The van der Waals surface area contributed by atoms with Gasteiger partial charge < -0.3 is 10.1 Å². The van der Waals surface area contributed by atoms with Gasteiger partial charge in [0, 0.05) is 17.4 Å². The molecule has 2 aromatic rings. The first-order chi connectivity index (χ1) is 8.69. The van der Waals surface area contributed by atoms with E-state index in [2.05, 4.69) is 10.3 Å². The minimum atomic E-state index is -0.226. The lowest BCUT2D eigenvalue weighted by Crippen LogP contribution is -2.11. The van der Waals surface area contributed by atoms with E-state index in [-0.39, 0.29) is 5.91 Å². The number of aromatic nitrogens is 1. The highest BCUT2D eigenvalue weighted by Gasteiger charge is 2.07. The Morgan fingerprint density at radius 2 is 2.17 bits per heavy atom. The molecule has 5 heteroatoms. The molecule has 1 aromatic carbocycles. The molecule has 0 atom stereocenters. The summed E-state index contributed by atoms with van der Waals surface area (Å²) >= 11 is 5.74. The SMILES string of the molecule is COc1cccc(C(=O)Nc2ccnc(Cl)c2)c1. The fourth-order valence-corrected chi connectivity index (χ4v) is 1.62. The minimum absolute atomic E-state index is 0.226. The molecule has 0 fully saturated rings. The number of ether oxygens (including phenoxy) is 1. The summed E-state index contributed by atoms with van der Waals surface area (Å²) in [5, 5.41) is 3.06. The predicted octanol–water partition coefficient (Wildman–Crippen LogP) is 3.00. The van der Waals surface area contributed by atoms with E-state index < -0.39 is 0 Å². The van der Waals surface area contributed by atoms with Crippen molar-refractivity contribution in [3.05, 3.63) is 53.3 Å². The number of rotatable bonds is 3. The molecule has 0 aliphatic carbocycles. The number of halogens is 1. The number of benzene rings is 1. The molecule has 1 N–H and O–H groups in total. The summed E-state index contributed by atoms with van der Waals surface area (Å²) in [5.41, 5.74) is 1.12. The van der Waals surface area contributed by atoms with E-state index in [0.717, 1.165) is 0 Å². The number of anilines is 1. The van der Waals surface area contributed by atoms with Crippen LogP contribution in [0.15, 0.2) is 42.6 Å². The minimum Gasteiger partial charge on any atom is -0.497 e. The summed E-state index contributed by atoms with van der Waals surface area (Å²) in [6.07, 6.45) is 1.53. The quantitative estimate of drug-likeness (QED) is 0.865. The monoisotopic (exact) mass is 262 g/mol. The molecule has 0 unspecified atom stereocenters. The summed E-state index contributed by atoms with van der Waals surface area (Å²) in [4.78, 5) is 15.8. The first-order valence-corrected chi connectivity index (χ1v) is 5.64. The summed E-state index contributed by atoms with van der Waals surface area (Å²) in [5.74, 6) is 0.409. The fourth-order valence-electron chi connectivity index (χ4n) is 1.45. The smallest absolute Gasteiger partial charge is 0.255 e. The van der Waals surface area contributed by atoms with Gasteiger partial charge in [0.25, 0.3) is 5.91 Å². The van der Waals surface area contributed by atoms with Gasteiger partial charge >= 0.3 is 0 Å². The molecular weight excluding hydrogens is 252 g/mol. The lowest BCUT2D eigenvalue weighted by Gasteiger charge is -2.06. The molecule has 1 amide bonds. The van der Waals surface area contributed by atoms with Crippen LogP contribution in [0.2, 0.25) is 5.15 Å². The van der Waals surface area contributed by atoms with Gasteiger partial charge in [-0.15, -0.1) is 0 Å². The maximum Gasteiger partial charge on any atom is 0.255 e. The first kappa shape index (κ1) is 12.4. The second kappa shape index (κ2) is 5.51. The molecule has 0 saturated heterocycles. The first-order valence-electron chi connectivity index (χ1n) is 5.26. The lowest BCUT2D eigenvalue weighted by atomic mass is 10.2. The predicted molar refractivity (Wildman–Crippen MR) is 70.2 cm³/mol. The van der Waals surface area contributed by atoms with Crippen LogP contribution >= 0.6 is 11.6 Å². The normalized spacial score (nSPS) is 9.89. The molecule has 0 saturated carbocycles. The number of pyridine rings is 1. The van der Waals surface area contributed by atoms with Crippen molar-refractivity contribution in [2.24, 2.45) is 0 Å². The van der Waals surface area contributed by atoms with E-state index in [1.165, 1.54) is 6.20 Å². The Balaban J connectivity index is 2.16.